The van der Waals surface area contributed by atoms with Crippen molar-refractivity contribution in [2.75, 3.05) is 22.3 Å². The summed E-state index contributed by atoms with van der Waals surface area (Å²) in [6.45, 7) is 0. The predicted molar refractivity (Wildman–Crippen MR) is 101 cm³/mol. The van der Waals surface area contributed by atoms with Gasteiger partial charge in [-0.1, -0.05) is 17.8 Å². The zero-order chi connectivity index (χ0) is 20.9. The zero-order valence-corrected chi connectivity index (χ0v) is 15.4. The first-order chi connectivity index (χ1) is 13.8. The zero-order valence-electron chi connectivity index (χ0n) is 14.6. The second-order valence-corrected chi connectivity index (χ2v) is 6.42. The Labute approximate surface area is 166 Å². The van der Waals surface area contributed by atoms with Gasteiger partial charge in [0.2, 0.25) is 11.1 Å². The molecule has 0 atom stereocenters. The average molecular weight is 425 g/mol. The third kappa shape index (κ3) is 5.51. The molecule has 0 radical (unpaired) electrons. The molecule has 1 amide bonds. The van der Waals surface area contributed by atoms with E-state index in [1.165, 1.54) is 24.6 Å². The Balaban J connectivity index is 1.53. The van der Waals surface area contributed by atoms with Crippen LogP contribution in [0.5, 0.6) is 0 Å². The van der Waals surface area contributed by atoms with Gasteiger partial charge >= 0.3 is 6.18 Å². The van der Waals surface area contributed by atoms with E-state index in [1.807, 2.05) is 0 Å². The summed E-state index contributed by atoms with van der Waals surface area (Å²) in [6, 6.07) is 7.75. The van der Waals surface area contributed by atoms with Crippen molar-refractivity contribution in [2.24, 2.45) is 5.10 Å². The van der Waals surface area contributed by atoms with Crippen LogP contribution < -0.4 is 16.6 Å². The van der Waals surface area contributed by atoms with Crippen molar-refractivity contribution in [1.29, 1.82) is 0 Å². The van der Waals surface area contributed by atoms with Crippen LogP contribution in [-0.2, 0) is 11.0 Å². The smallest absolute Gasteiger partial charge is 0.416 e. The van der Waals surface area contributed by atoms with Gasteiger partial charge in [0.1, 0.15) is 5.76 Å². The first-order valence-corrected chi connectivity index (χ1v) is 8.94. The normalized spacial score (nSPS) is 11.7. The molecule has 0 bridgehead atoms. The Morgan fingerprint density at radius 2 is 2.14 bits per heavy atom. The number of nitrogens with one attached hydrogen (secondary N) is 2. The van der Waals surface area contributed by atoms with Crippen molar-refractivity contribution in [3.8, 4) is 0 Å². The number of nitrogens with two attached hydrogens (primary N) is 1. The lowest BCUT2D eigenvalue weighted by atomic mass is 10.2. The number of benzene rings is 1. The van der Waals surface area contributed by atoms with Crippen molar-refractivity contribution in [1.82, 2.24) is 14.9 Å². The Bertz CT molecular complexity index is 1000. The highest BCUT2D eigenvalue weighted by Crippen LogP contribution is 2.30. The molecule has 2 aromatic heterocycles. The molecule has 3 rings (SSSR count). The molecule has 152 valence electrons. The number of amides is 1. The second-order valence-electron chi connectivity index (χ2n) is 5.48. The Morgan fingerprint density at radius 1 is 1.31 bits per heavy atom. The van der Waals surface area contributed by atoms with Crippen LogP contribution in [0.4, 0.5) is 24.8 Å². The van der Waals surface area contributed by atoms with E-state index < -0.39 is 17.6 Å². The van der Waals surface area contributed by atoms with Crippen molar-refractivity contribution in [3.63, 3.8) is 0 Å². The maximum Gasteiger partial charge on any atom is 0.416 e. The molecule has 0 spiro atoms. The van der Waals surface area contributed by atoms with E-state index in [0.29, 0.717) is 5.76 Å². The standard InChI is InChI=1S/C16H14F3N7O2S/c17-16(18,19)10-3-1-4-11(7-10)22-13(27)9-29-15-25-24-14(26(15)20)23-21-8-12-5-2-6-28-12/h1-8H,9,20H2,(H,22,27)(H,23,24)/b21-8+. The molecular weight excluding hydrogens is 411 g/mol. The summed E-state index contributed by atoms with van der Waals surface area (Å²) in [5.74, 6) is 5.79. The minimum Gasteiger partial charge on any atom is -0.463 e. The third-order valence-corrected chi connectivity index (χ3v) is 4.31. The summed E-state index contributed by atoms with van der Waals surface area (Å²) < 4.78 is 44.3. The van der Waals surface area contributed by atoms with E-state index in [-0.39, 0.29) is 22.5 Å². The molecule has 1 aromatic carbocycles. The van der Waals surface area contributed by atoms with Gasteiger partial charge in [-0.3, -0.25) is 4.79 Å². The molecule has 0 fully saturated rings. The fourth-order valence-corrected chi connectivity index (χ4v) is 2.73. The third-order valence-electron chi connectivity index (χ3n) is 3.37. The maximum atomic E-state index is 12.7. The van der Waals surface area contributed by atoms with Crippen molar-refractivity contribution < 1.29 is 22.4 Å². The number of hydrogen-bond acceptors (Lipinski definition) is 8. The monoisotopic (exact) mass is 425 g/mol. The molecule has 0 aliphatic rings. The maximum absolute atomic E-state index is 12.7. The molecule has 0 aliphatic carbocycles. The first-order valence-electron chi connectivity index (χ1n) is 7.96. The summed E-state index contributed by atoms with van der Waals surface area (Å²) in [7, 11) is 0. The lowest BCUT2D eigenvalue weighted by Crippen LogP contribution is -2.17. The number of aromatic nitrogens is 3. The highest BCUT2D eigenvalue weighted by molar-refractivity contribution is 7.99. The van der Waals surface area contributed by atoms with Gasteiger partial charge in [0, 0.05) is 5.69 Å². The molecule has 0 saturated carbocycles. The van der Waals surface area contributed by atoms with Gasteiger partial charge in [-0.2, -0.15) is 18.3 Å². The number of halogens is 3. The van der Waals surface area contributed by atoms with Crippen molar-refractivity contribution in [3.05, 3.63) is 54.0 Å². The van der Waals surface area contributed by atoms with Crippen LogP contribution >= 0.6 is 11.8 Å². The molecule has 2 heterocycles. The van der Waals surface area contributed by atoms with Crippen LogP contribution in [-0.4, -0.2) is 32.7 Å². The van der Waals surface area contributed by atoms with Crippen LogP contribution in [0.2, 0.25) is 0 Å². The van der Waals surface area contributed by atoms with Gasteiger partial charge < -0.3 is 15.6 Å². The number of anilines is 2. The summed E-state index contributed by atoms with van der Waals surface area (Å²) in [5, 5.41) is 14.1. The van der Waals surface area contributed by atoms with Gasteiger partial charge in [-0.05, 0) is 30.3 Å². The van der Waals surface area contributed by atoms with E-state index in [9.17, 15) is 18.0 Å². The molecule has 9 nitrogen and oxygen atoms in total. The number of nitrogen functional groups attached to an aromatic ring is 1. The fraction of sp³-hybridized carbons (Fsp3) is 0.125. The number of hydrazone groups is 1. The van der Waals surface area contributed by atoms with Gasteiger partial charge in [0.05, 0.1) is 23.8 Å². The van der Waals surface area contributed by atoms with Crippen LogP contribution in [0.15, 0.2) is 57.3 Å². The van der Waals surface area contributed by atoms with Gasteiger partial charge in [-0.15, -0.1) is 10.2 Å². The van der Waals surface area contributed by atoms with Crippen LogP contribution in [0.25, 0.3) is 0 Å². The summed E-state index contributed by atoms with van der Waals surface area (Å²) in [5.41, 5.74) is 1.76. The highest BCUT2D eigenvalue weighted by atomic mass is 32.2. The molecule has 3 aromatic rings. The topological polar surface area (TPSA) is 123 Å². The lowest BCUT2D eigenvalue weighted by Gasteiger charge is -2.09. The van der Waals surface area contributed by atoms with Crippen molar-refractivity contribution >= 4 is 35.5 Å². The minimum atomic E-state index is -4.49. The van der Waals surface area contributed by atoms with Gasteiger partial charge in [-0.25, -0.2) is 10.1 Å². The fourth-order valence-electron chi connectivity index (χ4n) is 2.07. The van der Waals surface area contributed by atoms with E-state index in [2.05, 4.69) is 26.0 Å². The number of alkyl halides is 3. The number of carbonyl (C=O) groups excluding carboxylic acids is 1. The molecule has 0 saturated heterocycles. The number of carbonyl (C=O) groups is 1. The quantitative estimate of drug-likeness (QED) is 0.230. The van der Waals surface area contributed by atoms with E-state index in [4.69, 9.17) is 10.3 Å². The molecule has 13 heteroatoms. The Morgan fingerprint density at radius 3 is 2.86 bits per heavy atom. The summed E-state index contributed by atoms with van der Waals surface area (Å²) >= 11 is 0.956. The minimum absolute atomic E-state index is 0.0364. The second kappa shape index (κ2) is 8.68. The molecule has 0 aliphatic heterocycles. The lowest BCUT2D eigenvalue weighted by molar-refractivity contribution is -0.137. The van der Waals surface area contributed by atoms with E-state index in [1.54, 1.807) is 12.1 Å². The molecule has 4 N–H and O–H groups in total. The number of hydrogen-bond donors (Lipinski definition) is 3. The van der Waals surface area contributed by atoms with Crippen LogP contribution in [0.3, 0.4) is 0 Å². The van der Waals surface area contributed by atoms with Crippen LogP contribution in [0, 0.1) is 0 Å². The number of thioether (sulfide) groups is 1. The van der Waals surface area contributed by atoms with Gasteiger partial charge in [0.25, 0.3) is 5.95 Å². The summed E-state index contributed by atoms with van der Waals surface area (Å²) in [6.07, 6.45) is -1.59. The van der Waals surface area contributed by atoms with E-state index in [0.717, 1.165) is 28.6 Å². The Kier molecular flexibility index (Phi) is 6.07. The van der Waals surface area contributed by atoms with Gasteiger partial charge in [0.15, 0.2) is 0 Å². The highest BCUT2D eigenvalue weighted by Gasteiger charge is 2.30. The predicted octanol–water partition coefficient (Wildman–Crippen LogP) is 2.78. The van der Waals surface area contributed by atoms with E-state index >= 15 is 0 Å². The average Bonchev–Trinajstić information content (AvgIpc) is 3.30. The molecular formula is C16H14F3N7O2S. The van der Waals surface area contributed by atoms with Crippen molar-refractivity contribution in [2.45, 2.75) is 11.3 Å². The SMILES string of the molecule is Nn1c(N/N=C/c2ccco2)nnc1SCC(=O)Nc1cccc(C(F)(F)F)c1. The molecule has 0 unspecified atom stereocenters. The number of rotatable bonds is 7. The largest absolute Gasteiger partial charge is 0.463 e. The van der Waals surface area contributed by atoms with Crippen LogP contribution in [0.1, 0.15) is 11.3 Å². The molecule has 29 heavy (non-hydrogen) atoms. The first kappa shape index (κ1) is 20.3. The Hall–Kier alpha value is -3.48. The number of nitrogens with zero attached hydrogens (tertiary/aromatic N) is 4. The summed E-state index contributed by atoms with van der Waals surface area (Å²) in [4.78, 5) is 12.0. The number of furan rings is 1.